The van der Waals surface area contributed by atoms with Crippen molar-refractivity contribution in [2.75, 3.05) is 30.8 Å². The zero-order valence-electron chi connectivity index (χ0n) is 10.9. The van der Waals surface area contributed by atoms with Crippen LogP contribution in [0, 0.1) is 5.92 Å². The first-order valence-electron chi connectivity index (χ1n) is 6.78. The van der Waals surface area contributed by atoms with Gasteiger partial charge in [0.25, 0.3) is 0 Å². The smallest absolute Gasteiger partial charge is 0.0511 e. The Kier molecular flexibility index (Phi) is 3.51. The summed E-state index contributed by atoms with van der Waals surface area (Å²) in [6.45, 7) is 2.72. The first kappa shape index (κ1) is 12.2. The summed E-state index contributed by atoms with van der Waals surface area (Å²) in [4.78, 5) is 4.14. The lowest BCUT2D eigenvalue weighted by atomic mass is 10.0. The van der Waals surface area contributed by atoms with Gasteiger partial charge in [-0.15, -0.1) is 0 Å². The van der Waals surface area contributed by atoms with Crippen molar-refractivity contribution in [3.63, 3.8) is 0 Å². The van der Waals surface area contributed by atoms with Crippen LogP contribution in [0.2, 0.25) is 0 Å². The molecule has 3 N–H and O–H groups in total. The number of rotatable bonds is 3. The second-order valence-corrected chi connectivity index (χ2v) is 5.09. The molecule has 0 aliphatic carbocycles. The molecule has 2 heterocycles. The minimum Gasteiger partial charge on any atom is -0.398 e. The molecule has 4 nitrogen and oxygen atoms in total. The fourth-order valence-electron chi connectivity index (χ4n) is 2.59. The first-order valence-corrected chi connectivity index (χ1v) is 6.78. The van der Waals surface area contributed by atoms with E-state index in [9.17, 15) is 0 Å². The van der Waals surface area contributed by atoms with Crippen LogP contribution in [0.5, 0.6) is 0 Å². The second-order valence-electron chi connectivity index (χ2n) is 5.09. The quantitative estimate of drug-likeness (QED) is 0.830. The topological polar surface area (TPSA) is 60.2 Å². The van der Waals surface area contributed by atoms with Crippen molar-refractivity contribution in [1.29, 1.82) is 0 Å². The van der Waals surface area contributed by atoms with Crippen LogP contribution in [-0.4, -0.2) is 24.7 Å². The zero-order valence-corrected chi connectivity index (χ0v) is 10.9. The van der Waals surface area contributed by atoms with Gasteiger partial charge in [-0.3, -0.25) is 4.98 Å². The molecule has 0 bridgehead atoms. The third-order valence-corrected chi connectivity index (χ3v) is 3.69. The van der Waals surface area contributed by atoms with E-state index < -0.39 is 0 Å². The van der Waals surface area contributed by atoms with Gasteiger partial charge in [0.05, 0.1) is 6.61 Å². The second kappa shape index (κ2) is 5.45. The molecule has 0 saturated carbocycles. The Morgan fingerprint density at radius 2 is 2.26 bits per heavy atom. The number of anilines is 2. The van der Waals surface area contributed by atoms with E-state index in [1.165, 1.54) is 12.8 Å². The van der Waals surface area contributed by atoms with Crippen molar-refractivity contribution >= 4 is 22.1 Å². The van der Waals surface area contributed by atoms with Crippen LogP contribution in [0.3, 0.4) is 0 Å². The van der Waals surface area contributed by atoms with Gasteiger partial charge >= 0.3 is 0 Å². The predicted octanol–water partition coefficient (Wildman–Crippen LogP) is 2.66. The molecule has 1 unspecified atom stereocenters. The maximum absolute atomic E-state index is 5.98. The van der Waals surface area contributed by atoms with Gasteiger partial charge in [-0.1, -0.05) is 0 Å². The number of nitrogens with zero attached hydrogens (tertiary/aromatic N) is 1. The summed E-state index contributed by atoms with van der Waals surface area (Å²) in [5, 5.41) is 5.66. The van der Waals surface area contributed by atoms with Gasteiger partial charge in [-0.2, -0.15) is 0 Å². The molecule has 1 atom stereocenters. The fraction of sp³-hybridized carbons (Fsp3) is 0.400. The molecule has 2 aromatic rings. The Balaban J connectivity index is 1.79. The summed E-state index contributed by atoms with van der Waals surface area (Å²) in [5.74, 6) is 0.600. The van der Waals surface area contributed by atoms with Crippen LogP contribution < -0.4 is 11.1 Å². The number of benzene rings is 1. The lowest BCUT2D eigenvalue weighted by Gasteiger charge is -2.23. The molecule has 3 rings (SSSR count). The number of nitrogens with two attached hydrogens (primary N) is 1. The van der Waals surface area contributed by atoms with E-state index in [1.54, 1.807) is 6.20 Å². The van der Waals surface area contributed by atoms with Crippen molar-refractivity contribution in [1.82, 2.24) is 4.98 Å². The van der Waals surface area contributed by atoms with Gasteiger partial charge in [0, 0.05) is 47.7 Å². The number of pyridine rings is 1. The van der Waals surface area contributed by atoms with E-state index in [4.69, 9.17) is 10.5 Å². The lowest BCUT2D eigenvalue weighted by Crippen LogP contribution is -2.24. The summed E-state index contributed by atoms with van der Waals surface area (Å²) in [7, 11) is 0. The average molecular weight is 257 g/mol. The first-order chi connectivity index (χ1) is 9.34. The number of nitrogen functional groups attached to an aromatic ring is 1. The van der Waals surface area contributed by atoms with Crippen molar-refractivity contribution < 1.29 is 4.74 Å². The highest BCUT2D eigenvalue weighted by molar-refractivity contribution is 6.00. The van der Waals surface area contributed by atoms with Crippen LogP contribution in [0.25, 0.3) is 10.8 Å². The molecule has 1 fully saturated rings. The van der Waals surface area contributed by atoms with E-state index in [0.29, 0.717) is 5.92 Å². The zero-order chi connectivity index (χ0) is 13.1. The SMILES string of the molecule is Nc1ccc(NCC2CCCOC2)c2ccncc12. The molecule has 1 aliphatic heterocycles. The third-order valence-electron chi connectivity index (χ3n) is 3.69. The van der Waals surface area contributed by atoms with E-state index in [1.807, 2.05) is 24.4 Å². The molecular formula is C15H19N3O. The largest absolute Gasteiger partial charge is 0.398 e. The highest BCUT2D eigenvalue weighted by Gasteiger charge is 2.14. The minimum atomic E-state index is 0.600. The monoisotopic (exact) mass is 257 g/mol. The number of hydrogen-bond acceptors (Lipinski definition) is 4. The number of ether oxygens (including phenoxy) is 1. The van der Waals surface area contributed by atoms with E-state index in [0.717, 1.165) is 41.9 Å². The maximum atomic E-state index is 5.98. The number of fused-ring (bicyclic) bond motifs is 1. The van der Waals surface area contributed by atoms with E-state index >= 15 is 0 Å². The highest BCUT2D eigenvalue weighted by atomic mass is 16.5. The summed E-state index contributed by atoms with van der Waals surface area (Å²) >= 11 is 0. The van der Waals surface area contributed by atoms with E-state index in [-0.39, 0.29) is 0 Å². The molecule has 0 amide bonds. The maximum Gasteiger partial charge on any atom is 0.0511 e. The van der Waals surface area contributed by atoms with Crippen molar-refractivity contribution in [2.45, 2.75) is 12.8 Å². The van der Waals surface area contributed by atoms with Gasteiger partial charge in [0.1, 0.15) is 0 Å². The van der Waals surface area contributed by atoms with Gasteiger partial charge in [-0.05, 0) is 37.0 Å². The third kappa shape index (κ3) is 2.63. The highest BCUT2D eigenvalue weighted by Crippen LogP contribution is 2.27. The number of nitrogens with one attached hydrogen (secondary N) is 1. The van der Waals surface area contributed by atoms with Crippen LogP contribution in [-0.2, 0) is 4.74 Å². The van der Waals surface area contributed by atoms with Crippen LogP contribution in [0.4, 0.5) is 11.4 Å². The number of hydrogen-bond donors (Lipinski definition) is 2. The van der Waals surface area contributed by atoms with Gasteiger partial charge < -0.3 is 15.8 Å². The minimum absolute atomic E-state index is 0.600. The standard InChI is InChI=1S/C15H19N3O/c16-14-3-4-15(12-5-6-17-9-13(12)14)18-8-11-2-1-7-19-10-11/h3-6,9,11,18H,1-2,7-8,10,16H2. The molecule has 1 saturated heterocycles. The van der Waals surface area contributed by atoms with Crippen molar-refractivity contribution in [3.8, 4) is 0 Å². The normalized spacial score (nSPS) is 19.5. The molecule has 1 aliphatic rings. The molecule has 1 aromatic heterocycles. The Bertz CT molecular complexity index is 564. The van der Waals surface area contributed by atoms with Gasteiger partial charge in [0.15, 0.2) is 0 Å². The Morgan fingerprint density at radius 3 is 3.11 bits per heavy atom. The van der Waals surface area contributed by atoms with E-state index in [2.05, 4.69) is 10.3 Å². The predicted molar refractivity (Wildman–Crippen MR) is 78.2 cm³/mol. The molecular weight excluding hydrogens is 238 g/mol. The summed E-state index contributed by atoms with van der Waals surface area (Å²) in [6.07, 6.45) is 6.02. The number of aromatic nitrogens is 1. The Morgan fingerprint density at radius 1 is 1.32 bits per heavy atom. The van der Waals surface area contributed by atoms with Gasteiger partial charge in [-0.25, -0.2) is 0 Å². The molecule has 0 radical (unpaired) electrons. The molecule has 100 valence electrons. The van der Waals surface area contributed by atoms with Crippen LogP contribution in [0.1, 0.15) is 12.8 Å². The molecule has 4 heteroatoms. The Hall–Kier alpha value is -1.81. The molecule has 19 heavy (non-hydrogen) atoms. The Labute approximate surface area is 113 Å². The van der Waals surface area contributed by atoms with Gasteiger partial charge in [0.2, 0.25) is 0 Å². The summed E-state index contributed by atoms with van der Waals surface area (Å²) < 4.78 is 5.51. The lowest BCUT2D eigenvalue weighted by molar-refractivity contribution is 0.0595. The van der Waals surface area contributed by atoms with Crippen LogP contribution >= 0.6 is 0 Å². The van der Waals surface area contributed by atoms with Crippen molar-refractivity contribution in [2.24, 2.45) is 5.92 Å². The average Bonchev–Trinajstić information content (AvgIpc) is 2.48. The molecule has 0 spiro atoms. The fourth-order valence-corrected chi connectivity index (χ4v) is 2.59. The summed E-state index contributed by atoms with van der Waals surface area (Å²) in [6, 6.07) is 5.98. The van der Waals surface area contributed by atoms with Crippen LogP contribution in [0.15, 0.2) is 30.6 Å². The molecule has 1 aromatic carbocycles. The summed E-state index contributed by atoms with van der Waals surface area (Å²) in [5.41, 5.74) is 7.87. The van der Waals surface area contributed by atoms with Crippen molar-refractivity contribution in [3.05, 3.63) is 30.6 Å².